The molecule has 0 spiro atoms. The first-order valence-electron chi connectivity index (χ1n) is 3.97. The zero-order valence-corrected chi connectivity index (χ0v) is 8.05. The number of aliphatic imine (C=N–C) groups is 1. The molecule has 2 heteroatoms. The van der Waals surface area contributed by atoms with Gasteiger partial charge in [0.1, 0.15) is 0 Å². The van der Waals surface area contributed by atoms with Crippen LogP contribution >= 0.6 is 11.6 Å². The lowest BCUT2D eigenvalue weighted by Gasteiger charge is -1.95. The van der Waals surface area contributed by atoms with Crippen LogP contribution in [-0.4, -0.2) is 12.3 Å². The number of halogens is 1. The highest BCUT2D eigenvalue weighted by Gasteiger charge is 1.88. The van der Waals surface area contributed by atoms with Crippen molar-refractivity contribution in [2.24, 2.45) is 4.99 Å². The van der Waals surface area contributed by atoms with E-state index in [1.807, 2.05) is 44.3 Å². The lowest BCUT2D eigenvalue weighted by molar-refractivity contribution is 0.841. The normalized spacial score (nSPS) is 11.3. The Bertz CT molecular complexity index is 262. The Hall–Kier alpha value is -0.820. The molecule has 0 aromatic heterocycles. The molecule has 0 saturated heterocycles. The van der Waals surface area contributed by atoms with Crippen LogP contribution in [0.4, 0.5) is 0 Å². The van der Waals surface area contributed by atoms with Crippen LogP contribution in [0.5, 0.6) is 0 Å². The predicted molar refractivity (Wildman–Crippen MR) is 54.2 cm³/mol. The summed E-state index contributed by atoms with van der Waals surface area (Å²) in [6.07, 6.45) is 1.86. The third-order valence-corrected chi connectivity index (χ3v) is 1.64. The van der Waals surface area contributed by atoms with E-state index < -0.39 is 0 Å². The van der Waals surface area contributed by atoms with Crippen LogP contribution in [0.3, 0.4) is 0 Å². The third-order valence-electron chi connectivity index (χ3n) is 1.39. The van der Waals surface area contributed by atoms with Gasteiger partial charge in [-0.3, -0.25) is 4.99 Å². The van der Waals surface area contributed by atoms with E-state index in [0.717, 1.165) is 10.6 Å². The topological polar surface area (TPSA) is 12.4 Å². The fourth-order valence-electron chi connectivity index (χ4n) is 0.784. The molecule has 12 heavy (non-hydrogen) atoms. The molecule has 0 saturated carbocycles. The molecule has 0 radical (unpaired) electrons. The quantitative estimate of drug-likeness (QED) is 0.622. The molecule has 0 bridgehead atoms. The Morgan fingerprint density at radius 3 is 2.33 bits per heavy atom. The molecule has 0 atom stereocenters. The summed E-state index contributed by atoms with van der Waals surface area (Å²) < 4.78 is 0. The molecule has 0 heterocycles. The van der Waals surface area contributed by atoms with Crippen molar-refractivity contribution < 1.29 is 0 Å². The second-order valence-electron chi connectivity index (χ2n) is 2.92. The highest BCUT2D eigenvalue weighted by atomic mass is 35.5. The van der Waals surface area contributed by atoms with Gasteiger partial charge in [0.05, 0.1) is 0 Å². The molecule has 1 aromatic carbocycles. The lowest BCUT2D eigenvalue weighted by Crippen LogP contribution is -1.89. The molecule has 0 unspecified atom stereocenters. The first kappa shape index (κ1) is 9.27. The van der Waals surface area contributed by atoms with Crippen LogP contribution in [0.1, 0.15) is 19.4 Å². The molecule has 0 aliphatic carbocycles. The van der Waals surface area contributed by atoms with E-state index in [-0.39, 0.29) is 0 Å². The van der Waals surface area contributed by atoms with Gasteiger partial charge in [-0.25, -0.2) is 0 Å². The van der Waals surface area contributed by atoms with E-state index in [1.54, 1.807) is 0 Å². The van der Waals surface area contributed by atoms with Gasteiger partial charge in [-0.15, -0.1) is 0 Å². The van der Waals surface area contributed by atoms with Gasteiger partial charge in [-0.05, 0) is 31.5 Å². The summed E-state index contributed by atoms with van der Waals surface area (Å²) in [5.41, 5.74) is 1.09. The Morgan fingerprint density at radius 1 is 1.25 bits per heavy atom. The van der Waals surface area contributed by atoms with Gasteiger partial charge >= 0.3 is 0 Å². The number of rotatable bonds is 2. The summed E-state index contributed by atoms with van der Waals surface area (Å²) in [6, 6.07) is 7.98. The van der Waals surface area contributed by atoms with Gasteiger partial charge in [0.25, 0.3) is 0 Å². The van der Waals surface area contributed by atoms with Gasteiger partial charge in [0, 0.05) is 17.3 Å². The summed E-state index contributed by atoms with van der Waals surface area (Å²) >= 11 is 5.73. The summed E-state index contributed by atoms with van der Waals surface area (Å²) in [7, 11) is 0. The van der Waals surface area contributed by atoms with Crippen molar-refractivity contribution in [1.29, 1.82) is 0 Å². The summed E-state index contributed by atoms with van der Waals surface area (Å²) in [6.45, 7) is 4.10. The molecule has 0 aliphatic heterocycles. The molecule has 1 rings (SSSR count). The van der Waals surface area contributed by atoms with Crippen molar-refractivity contribution >= 4 is 17.8 Å². The third kappa shape index (κ3) is 3.05. The molecule has 0 N–H and O–H groups in total. The summed E-state index contributed by atoms with van der Waals surface area (Å²) in [5, 5.41) is 0.761. The second-order valence-corrected chi connectivity index (χ2v) is 3.36. The number of nitrogens with zero attached hydrogens (tertiary/aromatic N) is 1. The molecule has 64 valence electrons. The van der Waals surface area contributed by atoms with Crippen molar-refractivity contribution in [1.82, 2.24) is 0 Å². The molecular weight excluding hydrogens is 170 g/mol. The molecule has 0 amide bonds. The van der Waals surface area contributed by atoms with Gasteiger partial charge in [0.2, 0.25) is 0 Å². The summed E-state index contributed by atoms with van der Waals surface area (Å²) in [4.78, 5) is 4.26. The van der Waals surface area contributed by atoms with E-state index in [2.05, 4.69) is 4.99 Å². The molecule has 1 aromatic rings. The zero-order chi connectivity index (χ0) is 8.97. The van der Waals surface area contributed by atoms with Gasteiger partial charge in [-0.2, -0.15) is 0 Å². The highest BCUT2D eigenvalue weighted by molar-refractivity contribution is 6.30. The van der Waals surface area contributed by atoms with E-state index in [0.29, 0.717) is 6.04 Å². The van der Waals surface area contributed by atoms with E-state index in [1.165, 1.54) is 0 Å². The highest BCUT2D eigenvalue weighted by Crippen LogP contribution is 2.07. The lowest BCUT2D eigenvalue weighted by atomic mass is 10.2. The van der Waals surface area contributed by atoms with Crippen LogP contribution in [0, 0.1) is 0 Å². The monoisotopic (exact) mass is 181 g/mol. The van der Waals surface area contributed by atoms with E-state index >= 15 is 0 Å². The molecule has 1 nitrogen and oxygen atoms in total. The molecule has 0 fully saturated rings. The Labute approximate surface area is 78.1 Å². The van der Waals surface area contributed by atoms with Crippen molar-refractivity contribution in [2.75, 3.05) is 0 Å². The van der Waals surface area contributed by atoms with Crippen molar-refractivity contribution in [2.45, 2.75) is 19.9 Å². The number of hydrogen-bond acceptors (Lipinski definition) is 1. The van der Waals surface area contributed by atoms with Crippen LogP contribution in [0.25, 0.3) is 0 Å². The molecular formula is C10H12ClN. The van der Waals surface area contributed by atoms with Gasteiger partial charge in [0.15, 0.2) is 0 Å². The van der Waals surface area contributed by atoms with Crippen molar-refractivity contribution in [3.8, 4) is 0 Å². The smallest absolute Gasteiger partial charge is 0.0443 e. The van der Waals surface area contributed by atoms with Crippen LogP contribution < -0.4 is 0 Å². The maximum Gasteiger partial charge on any atom is 0.0443 e. The van der Waals surface area contributed by atoms with Crippen molar-refractivity contribution in [3.05, 3.63) is 34.9 Å². The predicted octanol–water partition coefficient (Wildman–Crippen LogP) is 3.17. The SMILES string of the molecule is CC(C)/N=C/c1ccc(Cl)cc1. The zero-order valence-electron chi connectivity index (χ0n) is 7.29. The fraction of sp³-hybridized carbons (Fsp3) is 0.300. The second kappa shape index (κ2) is 4.27. The average Bonchev–Trinajstić information content (AvgIpc) is 2.03. The van der Waals surface area contributed by atoms with Crippen LogP contribution in [0.2, 0.25) is 5.02 Å². The maximum atomic E-state index is 5.73. The van der Waals surface area contributed by atoms with Crippen LogP contribution in [0.15, 0.2) is 29.3 Å². The average molecular weight is 182 g/mol. The minimum atomic E-state index is 0.348. The van der Waals surface area contributed by atoms with E-state index in [4.69, 9.17) is 11.6 Å². The minimum absolute atomic E-state index is 0.348. The maximum absolute atomic E-state index is 5.73. The first-order chi connectivity index (χ1) is 5.68. The van der Waals surface area contributed by atoms with E-state index in [9.17, 15) is 0 Å². The van der Waals surface area contributed by atoms with Gasteiger partial charge < -0.3 is 0 Å². The Morgan fingerprint density at radius 2 is 1.83 bits per heavy atom. The Balaban J connectivity index is 2.71. The first-order valence-corrected chi connectivity index (χ1v) is 4.35. The number of hydrogen-bond donors (Lipinski definition) is 0. The van der Waals surface area contributed by atoms with Crippen molar-refractivity contribution in [3.63, 3.8) is 0 Å². The Kier molecular flexibility index (Phi) is 3.30. The minimum Gasteiger partial charge on any atom is -0.290 e. The van der Waals surface area contributed by atoms with Gasteiger partial charge in [-0.1, -0.05) is 23.7 Å². The summed E-state index contributed by atoms with van der Waals surface area (Å²) in [5.74, 6) is 0. The largest absolute Gasteiger partial charge is 0.290 e. The standard InChI is InChI=1S/C10H12ClN/c1-8(2)12-7-9-3-5-10(11)6-4-9/h3-8H,1-2H3/b12-7+. The molecule has 0 aliphatic rings. The fourth-order valence-corrected chi connectivity index (χ4v) is 0.910. The number of benzene rings is 1. The van der Waals surface area contributed by atoms with Crippen LogP contribution in [-0.2, 0) is 0 Å².